The molecule has 0 unspecified atom stereocenters. The van der Waals surface area contributed by atoms with E-state index in [1.807, 2.05) is 31.2 Å². The summed E-state index contributed by atoms with van der Waals surface area (Å²) in [5.41, 5.74) is 3.20. The topological polar surface area (TPSA) is 51.6 Å². The molecule has 0 atom stereocenters. The second-order valence-corrected chi connectivity index (χ2v) is 3.18. The third-order valence-corrected chi connectivity index (χ3v) is 2.24. The lowest BCUT2D eigenvalue weighted by molar-refractivity contribution is 1.25. The average Bonchev–Trinajstić information content (AvgIpc) is 2.51. The SMILES string of the molecule is Cc1[nH]c2ccccc2c1NCC#N. The van der Waals surface area contributed by atoms with Gasteiger partial charge >= 0.3 is 0 Å². The Labute approximate surface area is 82.4 Å². The van der Waals surface area contributed by atoms with Gasteiger partial charge in [-0.05, 0) is 13.0 Å². The van der Waals surface area contributed by atoms with Gasteiger partial charge < -0.3 is 10.3 Å². The summed E-state index contributed by atoms with van der Waals surface area (Å²) in [4.78, 5) is 3.26. The Morgan fingerprint density at radius 2 is 2.21 bits per heavy atom. The molecule has 2 aromatic rings. The van der Waals surface area contributed by atoms with Gasteiger partial charge in [0.15, 0.2) is 0 Å². The molecular formula is C11H11N3. The highest BCUT2D eigenvalue weighted by Crippen LogP contribution is 2.26. The number of nitriles is 1. The second kappa shape index (κ2) is 3.43. The lowest BCUT2D eigenvalue weighted by Crippen LogP contribution is -1.98. The minimum atomic E-state index is 0.336. The molecule has 0 aliphatic rings. The molecule has 0 fully saturated rings. The van der Waals surface area contributed by atoms with Gasteiger partial charge in [0.1, 0.15) is 6.54 Å². The van der Waals surface area contributed by atoms with Gasteiger partial charge in [-0.2, -0.15) is 5.26 Å². The number of hydrogen-bond acceptors (Lipinski definition) is 2. The summed E-state index contributed by atoms with van der Waals surface area (Å²) in [6.07, 6.45) is 0. The maximum absolute atomic E-state index is 8.51. The highest BCUT2D eigenvalue weighted by atomic mass is 14.9. The quantitative estimate of drug-likeness (QED) is 0.706. The molecule has 0 saturated heterocycles. The number of nitrogens with zero attached hydrogens (tertiary/aromatic N) is 1. The van der Waals surface area contributed by atoms with Crippen LogP contribution < -0.4 is 5.32 Å². The van der Waals surface area contributed by atoms with Gasteiger partial charge in [-0.15, -0.1) is 0 Å². The van der Waals surface area contributed by atoms with Gasteiger partial charge in [0.05, 0.1) is 11.8 Å². The Balaban J connectivity index is 2.52. The second-order valence-electron chi connectivity index (χ2n) is 3.18. The third kappa shape index (κ3) is 1.31. The van der Waals surface area contributed by atoms with E-state index in [0.29, 0.717) is 6.54 Å². The fraction of sp³-hybridized carbons (Fsp3) is 0.182. The van der Waals surface area contributed by atoms with Crippen LogP contribution in [0, 0.1) is 18.3 Å². The standard InChI is InChI=1S/C11H11N3/c1-8-11(13-7-6-12)9-4-2-3-5-10(9)14-8/h2-5,13-14H,7H2,1H3. The highest BCUT2D eigenvalue weighted by molar-refractivity contribution is 5.94. The summed E-state index contributed by atoms with van der Waals surface area (Å²) in [6.45, 7) is 2.34. The predicted octanol–water partition coefficient (Wildman–Crippen LogP) is 2.41. The monoisotopic (exact) mass is 185 g/mol. The van der Waals surface area contributed by atoms with E-state index in [2.05, 4.69) is 16.4 Å². The summed E-state index contributed by atoms with van der Waals surface area (Å²) < 4.78 is 0. The third-order valence-electron chi connectivity index (χ3n) is 2.24. The lowest BCUT2D eigenvalue weighted by atomic mass is 10.2. The van der Waals surface area contributed by atoms with Crippen LogP contribution in [-0.2, 0) is 0 Å². The summed E-state index contributed by atoms with van der Waals surface area (Å²) in [5.74, 6) is 0. The minimum absolute atomic E-state index is 0.336. The average molecular weight is 185 g/mol. The van der Waals surface area contributed by atoms with Gasteiger partial charge in [0, 0.05) is 16.6 Å². The normalized spacial score (nSPS) is 10.0. The molecule has 14 heavy (non-hydrogen) atoms. The number of aryl methyl sites for hydroxylation is 1. The Morgan fingerprint density at radius 1 is 1.43 bits per heavy atom. The predicted molar refractivity (Wildman–Crippen MR) is 57.1 cm³/mol. The van der Waals surface area contributed by atoms with Crippen LogP contribution in [0.3, 0.4) is 0 Å². The van der Waals surface area contributed by atoms with Crippen LogP contribution in [0.1, 0.15) is 5.69 Å². The largest absolute Gasteiger partial charge is 0.370 e. The number of hydrogen-bond donors (Lipinski definition) is 2. The fourth-order valence-corrected chi connectivity index (χ4v) is 1.63. The van der Waals surface area contributed by atoms with E-state index >= 15 is 0 Å². The van der Waals surface area contributed by atoms with Crippen molar-refractivity contribution in [3.8, 4) is 6.07 Å². The van der Waals surface area contributed by atoms with Crippen molar-refractivity contribution in [1.29, 1.82) is 5.26 Å². The number of fused-ring (bicyclic) bond motifs is 1. The zero-order valence-corrected chi connectivity index (χ0v) is 7.96. The fourth-order valence-electron chi connectivity index (χ4n) is 1.63. The first-order valence-electron chi connectivity index (χ1n) is 4.51. The highest BCUT2D eigenvalue weighted by Gasteiger charge is 2.05. The molecule has 0 saturated carbocycles. The zero-order valence-electron chi connectivity index (χ0n) is 7.96. The minimum Gasteiger partial charge on any atom is -0.370 e. The van der Waals surface area contributed by atoms with Gasteiger partial charge in [-0.1, -0.05) is 18.2 Å². The van der Waals surface area contributed by atoms with Crippen molar-refractivity contribution in [2.24, 2.45) is 0 Å². The van der Waals surface area contributed by atoms with Crippen LogP contribution >= 0.6 is 0 Å². The van der Waals surface area contributed by atoms with Crippen molar-refractivity contribution < 1.29 is 0 Å². The summed E-state index contributed by atoms with van der Waals surface area (Å²) >= 11 is 0. The van der Waals surface area contributed by atoms with Crippen molar-refractivity contribution >= 4 is 16.6 Å². The van der Waals surface area contributed by atoms with E-state index in [1.165, 1.54) is 0 Å². The maximum Gasteiger partial charge on any atom is 0.103 e. The van der Waals surface area contributed by atoms with Crippen molar-refractivity contribution in [2.75, 3.05) is 11.9 Å². The van der Waals surface area contributed by atoms with E-state index in [9.17, 15) is 0 Å². The molecule has 0 radical (unpaired) electrons. The van der Waals surface area contributed by atoms with Crippen molar-refractivity contribution in [3.05, 3.63) is 30.0 Å². The number of aromatic nitrogens is 1. The molecule has 1 aromatic heterocycles. The molecule has 0 amide bonds. The first kappa shape index (κ1) is 8.64. The number of aromatic amines is 1. The Morgan fingerprint density at radius 3 is 3.00 bits per heavy atom. The number of rotatable bonds is 2. The molecule has 0 bridgehead atoms. The van der Waals surface area contributed by atoms with Crippen LogP contribution in [-0.4, -0.2) is 11.5 Å². The molecule has 1 heterocycles. The number of anilines is 1. The molecule has 3 nitrogen and oxygen atoms in total. The van der Waals surface area contributed by atoms with Crippen LogP contribution in [0.25, 0.3) is 10.9 Å². The van der Waals surface area contributed by atoms with Crippen LogP contribution in [0.5, 0.6) is 0 Å². The summed E-state index contributed by atoms with van der Waals surface area (Å²) in [5, 5.41) is 12.7. The molecular weight excluding hydrogens is 174 g/mol. The molecule has 0 spiro atoms. The van der Waals surface area contributed by atoms with Gasteiger partial charge in [0.2, 0.25) is 0 Å². The van der Waals surface area contributed by atoms with Crippen LogP contribution in [0.4, 0.5) is 5.69 Å². The van der Waals surface area contributed by atoms with E-state index in [1.54, 1.807) is 0 Å². The molecule has 1 aromatic carbocycles. The van der Waals surface area contributed by atoms with E-state index < -0.39 is 0 Å². The first-order valence-corrected chi connectivity index (χ1v) is 4.51. The first-order chi connectivity index (χ1) is 6.83. The van der Waals surface area contributed by atoms with Crippen LogP contribution in [0.2, 0.25) is 0 Å². The molecule has 0 aliphatic heterocycles. The van der Waals surface area contributed by atoms with Gasteiger partial charge in [0.25, 0.3) is 0 Å². The summed E-state index contributed by atoms with van der Waals surface area (Å²) in [6, 6.07) is 10.1. The Kier molecular flexibility index (Phi) is 2.11. The van der Waals surface area contributed by atoms with E-state index in [4.69, 9.17) is 5.26 Å². The van der Waals surface area contributed by atoms with E-state index in [0.717, 1.165) is 22.3 Å². The smallest absolute Gasteiger partial charge is 0.103 e. The number of H-pyrrole nitrogens is 1. The van der Waals surface area contributed by atoms with E-state index in [-0.39, 0.29) is 0 Å². The molecule has 0 aliphatic carbocycles. The molecule has 70 valence electrons. The Bertz CT molecular complexity index is 491. The number of para-hydroxylation sites is 1. The lowest BCUT2D eigenvalue weighted by Gasteiger charge is -2.00. The van der Waals surface area contributed by atoms with Crippen molar-refractivity contribution in [1.82, 2.24) is 4.98 Å². The van der Waals surface area contributed by atoms with Gasteiger partial charge in [-0.25, -0.2) is 0 Å². The molecule has 3 heteroatoms. The molecule has 2 rings (SSSR count). The molecule has 2 N–H and O–H groups in total. The summed E-state index contributed by atoms with van der Waals surface area (Å²) in [7, 11) is 0. The number of benzene rings is 1. The van der Waals surface area contributed by atoms with Crippen molar-refractivity contribution in [2.45, 2.75) is 6.92 Å². The van der Waals surface area contributed by atoms with Crippen LogP contribution in [0.15, 0.2) is 24.3 Å². The maximum atomic E-state index is 8.51. The number of nitrogens with one attached hydrogen (secondary N) is 2. The Hall–Kier alpha value is -1.95. The van der Waals surface area contributed by atoms with Crippen molar-refractivity contribution in [3.63, 3.8) is 0 Å². The zero-order chi connectivity index (χ0) is 9.97. The van der Waals surface area contributed by atoms with Gasteiger partial charge in [-0.3, -0.25) is 0 Å².